The summed E-state index contributed by atoms with van der Waals surface area (Å²) in [6.45, 7) is 0.0316. The van der Waals surface area contributed by atoms with Gasteiger partial charge in [0.1, 0.15) is 0 Å². The second-order valence-corrected chi connectivity index (χ2v) is 3.84. The lowest BCUT2D eigenvalue weighted by atomic mass is 10.1. The first-order valence-electron chi connectivity index (χ1n) is 5.50. The lowest BCUT2D eigenvalue weighted by molar-refractivity contribution is -0.146. The number of aliphatic hydroxyl groups is 1. The summed E-state index contributed by atoms with van der Waals surface area (Å²) in [6, 6.07) is 5.71. The molecule has 1 unspecified atom stereocenters. The topological polar surface area (TPSA) is 130 Å². The number of hydrogen-bond acceptors (Lipinski definition) is 4. The maximum Gasteiger partial charge on any atom is 0.332 e. The van der Waals surface area contributed by atoms with E-state index >= 15 is 0 Å². The van der Waals surface area contributed by atoms with E-state index in [1.807, 2.05) is 0 Å². The summed E-state index contributed by atoms with van der Waals surface area (Å²) < 4.78 is 0. The van der Waals surface area contributed by atoms with E-state index < -0.39 is 23.9 Å². The highest BCUT2D eigenvalue weighted by Gasteiger charge is 2.13. The number of benzene rings is 1. The Balaban J connectivity index is 2.50. The van der Waals surface area contributed by atoms with Gasteiger partial charge >= 0.3 is 5.97 Å². The van der Waals surface area contributed by atoms with Crippen LogP contribution in [0.3, 0.4) is 0 Å². The minimum atomic E-state index is -1.50. The molecule has 7 heteroatoms. The third-order valence-electron chi connectivity index (χ3n) is 2.42. The Kier molecular flexibility index (Phi) is 5.01. The number of nitrogens with two attached hydrogens (primary N) is 1. The zero-order chi connectivity index (χ0) is 14.4. The third kappa shape index (κ3) is 4.40. The molecule has 1 rings (SSSR count). The van der Waals surface area contributed by atoms with Crippen LogP contribution in [-0.2, 0) is 4.79 Å². The molecule has 0 aliphatic heterocycles. The van der Waals surface area contributed by atoms with Crippen molar-refractivity contribution in [2.45, 2.75) is 12.5 Å². The number of rotatable bonds is 6. The number of hydrogen-bond donors (Lipinski definition) is 4. The average Bonchev–Trinajstić information content (AvgIpc) is 2.38. The Morgan fingerprint density at radius 3 is 2.16 bits per heavy atom. The Bertz CT molecular complexity index is 483. The molecule has 0 saturated carbocycles. The fourth-order valence-electron chi connectivity index (χ4n) is 1.33. The van der Waals surface area contributed by atoms with E-state index in [-0.39, 0.29) is 18.5 Å². The van der Waals surface area contributed by atoms with Crippen molar-refractivity contribution < 1.29 is 24.6 Å². The van der Waals surface area contributed by atoms with Crippen molar-refractivity contribution in [3.05, 3.63) is 35.4 Å². The minimum Gasteiger partial charge on any atom is -0.479 e. The number of nitrogens with one attached hydrogen (secondary N) is 1. The monoisotopic (exact) mass is 266 g/mol. The van der Waals surface area contributed by atoms with E-state index in [9.17, 15) is 14.4 Å². The van der Waals surface area contributed by atoms with Gasteiger partial charge in [-0.25, -0.2) is 4.79 Å². The zero-order valence-electron chi connectivity index (χ0n) is 10.00. The fraction of sp³-hybridized carbons (Fsp3) is 0.250. The van der Waals surface area contributed by atoms with Crippen molar-refractivity contribution >= 4 is 17.8 Å². The Morgan fingerprint density at radius 2 is 1.68 bits per heavy atom. The largest absolute Gasteiger partial charge is 0.479 e. The van der Waals surface area contributed by atoms with Gasteiger partial charge in [0.2, 0.25) is 5.91 Å². The molecule has 1 aromatic rings. The lowest BCUT2D eigenvalue weighted by Crippen LogP contribution is -2.30. The van der Waals surface area contributed by atoms with Crippen molar-refractivity contribution in [1.82, 2.24) is 5.32 Å². The quantitative estimate of drug-likeness (QED) is 0.543. The number of carbonyl (C=O) groups is 3. The van der Waals surface area contributed by atoms with Crippen molar-refractivity contribution in [2.24, 2.45) is 5.73 Å². The smallest absolute Gasteiger partial charge is 0.332 e. The van der Waals surface area contributed by atoms with E-state index in [2.05, 4.69) is 5.32 Å². The van der Waals surface area contributed by atoms with Crippen LogP contribution in [0.5, 0.6) is 0 Å². The van der Waals surface area contributed by atoms with E-state index in [4.69, 9.17) is 15.9 Å². The molecule has 0 saturated heterocycles. The maximum atomic E-state index is 11.6. The van der Waals surface area contributed by atoms with Crippen LogP contribution >= 0.6 is 0 Å². The zero-order valence-corrected chi connectivity index (χ0v) is 10.00. The van der Waals surface area contributed by atoms with Gasteiger partial charge < -0.3 is 21.3 Å². The molecular formula is C12H14N2O5. The number of amides is 2. The summed E-state index contributed by atoms with van der Waals surface area (Å²) in [6.07, 6.45) is -1.59. The molecule has 0 aliphatic rings. The number of carboxylic acids is 1. The van der Waals surface area contributed by atoms with Crippen LogP contribution in [0.4, 0.5) is 0 Å². The Labute approximate surface area is 109 Å². The molecule has 2 amide bonds. The highest BCUT2D eigenvalue weighted by atomic mass is 16.4. The first kappa shape index (κ1) is 14.7. The molecule has 0 bridgehead atoms. The van der Waals surface area contributed by atoms with Crippen LogP contribution in [0, 0.1) is 0 Å². The molecule has 1 aromatic carbocycles. The van der Waals surface area contributed by atoms with Gasteiger partial charge in [-0.2, -0.15) is 0 Å². The van der Waals surface area contributed by atoms with Crippen molar-refractivity contribution in [3.63, 3.8) is 0 Å². The molecule has 0 heterocycles. The predicted molar refractivity (Wildman–Crippen MR) is 65.6 cm³/mol. The highest BCUT2D eigenvalue weighted by Crippen LogP contribution is 2.03. The van der Waals surface area contributed by atoms with Crippen LogP contribution < -0.4 is 11.1 Å². The molecular weight excluding hydrogens is 252 g/mol. The standard InChI is InChI=1S/C12H14N2O5/c13-10(16)7-1-3-8(4-2-7)11(17)14-6-5-9(15)12(18)19/h1-4,9,15H,5-6H2,(H2,13,16)(H,14,17)(H,18,19). The summed E-state index contributed by atoms with van der Waals surface area (Å²) in [5, 5.41) is 19.9. The highest BCUT2D eigenvalue weighted by molar-refractivity contribution is 5.97. The van der Waals surface area contributed by atoms with Gasteiger partial charge in [0.05, 0.1) is 0 Å². The van der Waals surface area contributed by atoms with E-state index in [0.29, 0.717) is 5.56 Å². The summed E-state index contributed by atoms with van der Waals surface area (Å²) >= 11 is 0. The number of primary amides is 1. The molecule has 0 aromatic heterocycles. The van der Waals surface area contributed by atoms with Crippen molar-refractivity contribution in [1.29, 1.82) is 0 Å². The average molecular weight is 266 g/mol. The van der Waals surface area contributed by atoms with Gasteiger partial charge in [-0.05, 0) is 24.3 Å². The Hall–Kier alpha value is -2.41. The summed E-state index contributed by atoms with van der Waals surface area (Å²) in [7, 11) is 0. The Morgan fingerprint density at radius 1 is 1.16 bits per heavy atom. The summed E-state index contributed by atoms with van der Waals surface area (Å²) in [5.41, 5.74) is 5.66. The van der Waals surface area contributed by atoms with E-state index in [1.165, 1.54) is 24.3 Å². The lowest BCUT2D eigenvalue weighted by Gasteiger charge is -2.07. The molecule has 1 atom stereocenters. The number of aliphatic carboxylic acids is 1. The molecule has 0 fully saturated rings. The molecule has 7 nitrogen and oxygen atoms in total. The van der Waals surface area contributed by atoms with Crippen LogP contribution in [0.1, 0.15) is 27.1 Å². The molecule has 0 aliphatic carbocycles. The maximum absolute atomic E-state index is 11.6. The fourth-order valence-corrected chi connectivity index (χ4v) is 1.33. The molecule has 0 radical (unpaired) electrons. The van der Waals surface area contributed by atoms with Gasteiger partial charge in [-0.1, -0.05) is 0 Å². The van der Waals surface area contributed by atoms with Gasteiger partial charge in [0, 0.05) is 24.1 Å². The van der Waals surface area contributed by atoms with Crippen molar-refractivity contribution in [2.75, 3.05) is 6.54 Å². The molecule has 0 spiro atoms. The SMILES string of the molecule is NC(=O)c1ccc(C(=O)NCCC(O)C(=O)O)cc1. The third-order valence-corrected chi connectivity index (χ3v) is 2.42. The molecule has 19 heavy (non-hydrogen) atoms. The first-order chi connectivity index (χ1) is 8.91. The van der Waals surface area contributed by atoms with Gasteiger partial charge in [-0.15, -0.1) is 0 Å². The van der Waals surface area contributed by atoms with Crippen LogP contribution in [0.25, 0.3) is 0 Å². The normalized spacial score (nSPS) is 11.6. The van der Waals surface area contributed by atoms with E-state index in [0.717, 1.165) is 0 Å². The van der Waals surface area contributed by atoms with Gasteiger partial charge in [0.15, 0.2) is 6.10 Å². The van der Waals surface area contributed by atoms with Crippen molar-refractivity contribution in [3.8, 4) is 0 Å². The summed E-state index contributed by atoms with van der Waals surface area (Å²) in [4.78, 5) is 32.8. The minimum absolute atomic E-state index is 0.0316. The number of aliphatic hydroxyl groups excluding tert-OH is 1. The number of carbonyl (C=O) groups excluding carboxylic acids is 2. The van der Waals surface area contributed by atoms with E-state index in [1.54, 1.807) is 0 Å². The molecule has 102 valence electrons. The van der Waals surface area contributed by atoms with Gasteiger partial charge in [-0.3, -0.25) is 9.59 Å². The molecule has 5 N–H and O–H groups in total. The second kappa shape index (κ2) is 6.50. The number of carboxylic acid groups (broad SMARTS) is 1. The van der Waals surface area contributed by atoms with Crippen LogP contribution in [0.15, 0.2) is 24.3 Å². The predicted octanol–water partition coefficient (Wildman–Crippen LogP) is -0.649. The summed E-state index contributed by atoms with van der Waals surface area (Å²) in [5.74, 6) is -2.34. The second-order valence-electron chi connectivity index (χ2n) is 3.84. The van der Waals surface area contributed by atoms with Crippen LogP contribution in [-0.4, -0.2) is 40.6 Å². The van der Waals surface area contributed by atoms with Gasteiger partial charge in [0.25, 0.3) is 5.91 Å². The van der Waals surface area contributed by atoms with Crippen LogP contribution in [0.2, 0.25) is 0 Å². The first-order valence-corrected chi connectivity index (χ1v) is 5.50.